The smallest absolute Gasteiger partial charge is 0.263 e. The molecule has 1 amide bonds. The largest absolute Gasteiger partial charge is 0.344 e. The molecule has 0 radical (unpaired) electrons. The third kappa shape index (κ3) is 3.09. The van der Waals surface area contributed by atoms with Crippen LogP contribution in [0.15, 0.2) is 35.4 Å². The second-order valence-corrected chi connectivity index (χ2v) is 6.30. The molecule has 0 fully saturated rings. The maximum Gasteiger partial charge on any atom is 0.263 e. The van der Waals surface area contributed by atoms with Gasteiger partial charge < -0.3 is 10.3 Å². The van der Waals surface area contributed by atoms with Crippen molar-refractivity contribution in [2.75, 3.05) is 0 Å². The lowest BCUT2D eigenvalue weighted by molar-refractivity contribution is 0.0937. The number of fused-ring (bicyclic) bond motifs is 1. The van der Waals surface area contributed by atoms with Crippen LogP contribution in [0.25, 0.3) is 4.96 Å². The Bertz CT molecular complexity index is 1080. The number of nitrogens with zero attached hydrogens (tertiary/aromatic N) is 7. The predicted molar refractivity (Wildman–Crippen MR) is 90.7 cm³/mol. The molecule has 0 aliphatic carbocycles. The van der Waals surface area contributed by atoms with Crippen LogP contribution in [0, 0.1) is 0 Å². The van der Waals surface area contributed by atoms with Crippen LogP contribution in [-0.4, -0.2) is 45.2 Å². The van der Waals surface area contributed by atoms with Crippen molar-refractivity contribution in [1.82, 2.24) is 44.6 Å². The molecule has 0 spiro atoms. The third-order valence-electron chi connectivity index (χ3n) is 3.67. The van der Waals surface area contributed by atoms with Crippen molar-refractivity contribution < 1.29 is 4.79 Å². The fourth-order valence-corrected chi connectivity index (χ4v) is 2.96. The first kappa shape index (κ1) is 16.1. The molecule has 2 N–H and O–H groups in total. The molecule has 12 heteroatoms. The van der Waals surface area contributed by atoms with E-state index in [0.717, 1.165) is 4.96 Å². The van der Waals surface area contributed by atoms with Gasteiger partial charge in [-0.05, 0) is 6.92 Å². The fraction of sp³-hybridized carbons (Fsp3) is 0.214. The molecule has 0 aliphatic heterocycles. The number of carbonyl (C=O) groups is 1. The molecule has 0 aliphatic rings. The Morgan fingerprint density at radius 1 is 1.42 bits per heavy atom. The molecule has 4 heterocycles. The maximum atomic E-state index is 12.4. The number of rotatable bonds is 5. The van der Waals surface area contributed by atoms with Gasteiger partial charge in [0.15, 0.2) is 0 Å². The highest BCUT2D eigenvalue weighted by Crippen LogP contribution is 2.15. The van der Waals surface area contributed by atoms with E-state index in [9.17, 15) is 9.59 Å². The van der Waals surface area contributed by atoms with Gasteiger partial charge in [0.05, 0.1) is 17.9 Å². The van der Waals surface area contributed by atoms with E-state index in [2.05, 4.69) is 35.5 Å². The molecule has 0 aromatic carbocycles. The summed E-state index contributed by atoms with van der Waals surface area (Å²) in [6, 6.07) is -0.384. The van der Waals surface area contributed by atoms with Crippen molar-refractivity contribution in [2.45, 2.75) is 19.5 Å². The van der Waals surface area contributed by atoms with Crippen LogP contribution < -0.4 is 10.9 Å². The first-order valence-electron chi connectivity index (χ1n) is 7.60. The van der Waals surface area contributed by atoms with Crippen molar-refractivity contribution in [3.8, 4) is 0 Å². The number of imidazole rings is 1. The first-order chi connectivity index (χ1) is 12.6. The molecule has 0 bridgehead atoms. The standard InChI is InChI=1S/C14H13N9O2S/c1-8(10-3-23-14(20-10)26-7-18-23)19-12(24)9-2-16-11(21-13(9)25)4-22-6-15-5-17-22/h2-3,5-8H,4H2,1H3,(H,19,24)(H,16,21,25). The first-order valence-corrected chi connectivity index (χ1v) is 8.48. The lowest BCUT2D eigenvalue weighted by atomic mass is 10.2. The second-order valence-electron chi connectivity index (χ2n) is 5.49. The molecular formula is C14H13N9O2S. The Hall–Kier alpha value is -3.41. The monoisotopic (exact) mass is 371 g/mol. The molecule has 4 aromatic rings. The molecule has 1 unspecified atom stereocenters. The number of H-pyrrole nitrogens is 1. The average Bonchev–Trinajstić information content (AvgIpc) is 3.31. The summed E-state index contributed by atoms with van der Waals surface area (Å²) in [5.74, 6) is -0.145. The summed E-state index contributed by atoms with van der Waals surface area (Å²) in [7, 11) is 0. The van der Waals surface area contributed by atoms with Gasteiger partial charge in [0.1, 0.15) is 36.1 Å². The zero-order valence-corrected chi connectivity index (χ0v) is 14.3. The van der Waals surface area contributed by atoms with Crippen LogP contribution in [0.5, 0.6) is 0 Å². The van der Waals surface area contributed by atoms with Gasteiger partial charge in [-0.1, -0.05) is 11.3 Å². The highest BCUT2D eigenvalue weighted by molar-refractivity contribution is 7.14. The van der Waals surface area contributed by atoms with E-state index in [1.54, 1.807) is 23.1 Å². The van der Waals surface area contributed by atoms with Gasteiger partial charge >= 0.3 is 0 Å². The van der Waals surface area contributed by atoms with Crippen molar-refractivity contribution >= 4 is 22.2 Å². The Morgan fingerprint density at radius 2 is 2.31 bits per heavy atom. The predicted octanol–water partition coefficient (Wildman–Crippen LogP) is 0.00490. The molecule has 0 saturated carbocycles. The van der Waals surface area contributed by atoms with Crippen LogP contribution in [0.4, 0.5) is 0 Å². The summed E-state index contributed by atoms with van der Waals surface area (Å²) in [5.41, 5.74) is 1.75. The van der Waals surface area contributed by atoms with Crippen molar-refractivity contribution in [3.63, 3.8) is 0 Å². The zero-order valence-electron chi connectivity index (χ0n) is 13.5. The Balaban J connectivity index is 1.48. The van der Waals surface area contributed by atoms with Crippen molar-refractivity contribution in [2.24, 2.45) is 0 Å². The molecule has 26 heavy (non-hydrogen) atoms. The molecule has 11 nitrogen and oxygen atoms in total. The highest BCUT2D eigenvalue weighted by atomic mass is 32.1. The summed E-state index contributed by atoms with van der Waals surface area (Å²) >= 11 is 1.40. The molecule has 4 aromatic heterocycles. The Morgan fingerprint density at radius 3 is 3.04 bits per heavy atom. The number of amides is 1. The van der Waals surface area contributed by atoms with Gasteiger partial charge in [0, 0.05) is 6.20 Å². The van der Waals surface area contributed by atoms with Gasteiger partial charge in [-0.25, -0.2) is 24.1 Å². The van der Waals surface area contributed by atoms with Gasteiger partial charge in [-0.3, -0.25) is 9.59 Å². The van der Waals surface area contributed by atoms with E-state index in [0.29, 0.717) is 11.5 Å². The lowest BCUT2D eigenvalue weighted by Gasteiger charge is -2.11. The number of aromatic nitrogens is 8. The maximum absolute atomic E-state index is 12.4. The van der Waals surface area contributed by atoms with Crippen LogP contribution in [0.2, 0.25) is 0 Å². The van der Waals surface area contributed by atoms with Crippen LogP contribution >= 0.6 is 11.3 Å². The van der Waals surface area contributed by atoms with Crippen LogP contribution in [-0.2, 0) is 6.54 Å². The minimum Gasteiger partial charge on any atom is -0.344 e. The van der Waals surface area contributed by atoms with E-state index in [4.69, 9.17) is 0 Å². The summed E-state index contributed by atoms with van der Waals surface area (Å²) in [6.07, 6.45) is 5.88. The fourth-order valence-electron chi connectivity index (χ4n) is 2.35. The van der Waals surface area contributed by atoms with Gasteiger partial charge in [-0.2, -0.15) is 10.2 Å². The third-order valence-corrected chi connectivity index (χ3v) is 4.36. The number of carbonyl (C=O) groups excluding carboxylic acids is 1. The van der Waals surface area contributed by atoms with Gasteiger partial charge in [-0.15, -0.1) is 0 Å². The van der Waals surface area contributed by atoms with Gasteiger partial charge in [0.2, 0.25) is 4.96 Å². The highest BCUT2D eigenvalue weighted by Gasteiger charge is 2.18. The number of nitrogens with one attached hydrogen (secondary N) is 2. The SMILES string of the molecule is CC(NC(=O)c1cnc(Cn2cncn2)[nH]c1=O)c1cn2ncsc2n1. The minimum absolute atomic E-state index is 0.0710. The van der Waals surface area contributed by atoms with Crippen molar-refractivity contribution in [3.05, 3.63) is 58.0 Å². The van der Waals surface area contributed by atoms with Crippen LogP contribution in [0.3, 0.4) is 0 Å². The summed E-state index contributed by atoms with van der Waals surface area (Å²) in [6.45, 7) is 2.04. The summed E-state index contributed by atoms with van der Waals surface area (Å²) in [5, 5.41) is 10.8. The molecule has 1 atom stereocenters. The molecular weight excluding hydrogens is 358 g/mol. The van der Waals surface area contributed by atoms with E-state index < -0.39 is 11.5 Å². The van der Waals surface area contributed by atoms with E-state index in [1.807, 2.05) is 0 Å². The molecule has 132 valence electrons. The molecule has 4 rings (SSSR count). The quantitative estimate of drug-likeness (QED) is 0.504. The van der Waals surface area contributed by atoms with E-state index >= 15 is 0 Å². The zero-order chi connectivity index (χ0) is 18.1. The molecule has 0 saturated heterocycles. The Kier molecular flexibility index (Phi) is 4.01. The lowest BCUT2D eigenvalue weighted by Crippen LogP contribution is -2.32. The summed E-state index contributed by atoms with van der Waals surface area (Å²) in [4.78, 5) is 40.2. The average molecular weight is 371 g/mol. The van der Waals surface area contributed by atoms with E-state index in [1.165, 1.54) is 34.9 Å². The Labute approximate surface area is 149 Å². The van der Waals surface area contributed by atoms with Gasteiger partial charge in [0.25, 0.3) is 11.5 Å². The minimum atomic E-state index is -0.525. The summed E-state index contributed by atoms with van der Waals surface area (Å²) < 4.78 is 3.15. The van der Waals surface area contributed by atoms with E-state index in [-0.39, 0.29) is 18.2 Å². The van der Waals surface area contributed by atoms with Crippen molar-refractivity contribution in [1.29, 1.82) is 0 Å². The normalized spacial score (nSPS) is 12.3. The number of hydrogen-bond acceptors (Lipinski definition) is 8. The number of hydrogen-bond donors (Lipinski definition) is 2. The number of aromatic amines is 1. The topological polar surface area (TPSA) is 136 Å². The second kappa shape index (κ2) is 6.48. The van der Waals surface area contributed by atoms with Crippen LogP contribution in [0.1, 0.15) is 34.8 Å².